The number of nitrogens with one attached hydrogen (secondary N) is 2. The molecule has 1 aromatic carbocycles. The third-order valence-electron chi connectivity index (χ3n) is 3.35. The minimum absolute atomic E-state index is 0.247. The number of aromatic nitrogens is 6. The van der Waals surface area contributed by atoms with Crippen LogP contribution < -0.4 is 5.32 Å². The fourth-order valence-corrected chi connectivity index (χ4v) is 2.18. The zero-order chi connectivity index (χ0) is 14.5. The van der Waals surface area contributed by atoms with E-state index in [0.29, 0.717) is 0 Å². The van der Waals surface area contributed by atoms with Crippen LogP contribution in [0.4, 0.5) is 0 Å². The highest BCUT2D eigenvalue weighted by Crippen LogP contribution is 2.16. The molecule has 21 heavy (non-hydrogen) atoms. The van der Waals surface area contributed by atoms with Crippen LogP contribution in [0.2, 0.25) is 0 Å². The molecule has 0 aliphatic carbocycles. The van der Waals surface area contributed by atoms with Gasteiger partial charge in [-0.2, -0.15) is 0 Å². The Bertz CT molecular complexity index is 660. The van der Waals surface area contributed by atoms with Crippen LogP contribution in [0.25, 0.3) is 5.69 Å². The van der Waals surface area contributed by atoms with E-state index >= 15 is 0 Å². The zero-order valence-electron chi connectivity index (χ0n) is 11.8. The second kappa shape index (κ2) is 6.27. The summed E-state index contributed by atoms with van der Waals surface area (Å²) in [6, 6.07) is 8.42. The number of hydrogen-bond donors (Lipinski definition) is 2. The highest BCUT2D eigenvalue weighted by Gasteiger charge is 2.07. The van der Waals surface area contributed by atoms with Crippen molar-refractivity contribution in [3.05, 3.63) is 54.4 Å². The number of nitrogens with zero attached hydrogens (tertiary/aromatic N) is 5. The Morgan fingerprint density at radius 1 is 1.38 bits per heavy atom. The Balaban J connectivity index is 1.62. The van der Waals surface area contributed by atoms with Crippen molar-refractivity contribution in [3.8, 4) is 5.69 Å². The summed E-state index contributed by atoms with van der Waals surface area (Å²) in [7, 11) is 0. The molecule has 7 nitrogen and oxygen atoms in total. The minimum Gasteiger partial charge on any atom is -0.349 e. The summed E-state index contributed by atoms with van der Waals surface area (Å²) in [6.07, 6.45) is 6.08. The fourth-order valence-electron chi connectivity index (χ4n) is 2.18. The van der Waals surface area contributed by atoms with Crippen LogP contribution in [0.1, 0.15) is 24.4 Å². The Morgan fingerprint density at radius 3 is 3.10 bits per heavy atom. The van der Waals surface area contributed by atoms with Gasteiger partial charge in [-0.1, -0.05) is 12.1 Å². The number of benzene rings is 1. The van der Waals surface area contributed by atoms with Crippen molar-refractivity contribution in [2.75, 3.05) is 6.54 Å². The molecule has 0 radical (unpaired) electrons. The largest absolute Gasteiger partial charge is 0.349 e. The van der Waals surface area contributed by atoms with Crippen molar-refractivity contribution in [3.63, 3.8) is 0 Å². The summed E-state index contributed by atoms with van der Waals surface area (Å²) in [5, 5.41) is 14.7. The van der Waals surface area contributed by atoms with Gasteiger partial charge in [0.15, 0.2) is 0 Å². The first-order valence-corrected chi connectivity index (χ1v) is 6.88. The molecular weight excluding hydrogens is 266 g/mol. The molecule has 3 rings (SSSR count). The normalized spacial score (nSPS) is 12.4. The first kappa shape index (κ1) is 13.4. The molecular formula is C14H17N7. The third-order valence-corrected chi connectivity index (χ3v) is 3.35. The van der Waals surface area contributed by atoms with E-state index in [1.807, 2.05) is 18.3 Å². The van der Waals surface area contributed by atoms with Crippen LogP contribution in [-0.2, 0) is 6.42 Å². The Kier molecular flexibility index (Phi) is 4.02. The van der Waals surface area contributed by atoms with E-state index in [2.05, 4.69) is 49.9 Å². The lowest BCUT2D eigenvalue weighted by Crippen LogP contribution is -2.21. The molecule has 2 aromatic heterocycles. The maximum atomic E-state index is 4.21. The molecule has 108 valence electrons. The van der Waals surface area contributed by atoms with Gasteiger partial charge in [-0.15, -0.1) is 5.10 Å². The van der Waals surface area contributed by atoms with Gasteiger partial charge in [0.05, 0.1) is 5.69 Å². The number of rotatable bonds is 6. The molecule has 2 heterocycles. The number of H-pyrrole nitrogens is 1. The van der Waals surface area contributed by atoms with Crippen molar-refractivity contribution in [1.29, 1.82) is 0 Å². The molecule has 3 aromatic rings. The van der Waals surface area contributed by atoms with E-state index in [1.165, 1.54) is 5.56 Å². The van der Waals surface area contributed by atoms with E-state index in [9.17, 15) is 0 Å². The number of imidazole rings is 1. The Labute approximate surface area is 122 Å². The van der Waals surface area contributed by atoms with Gasteiger partial charge in [-0.25, -0.2) is 9.67 Å². The van der Waals surface area contributed by atoms with Crippen molar-refractivity contribution >= 4 is 0 Å². The zero-order valence-corrected chi connectivity index (χ0v) is 11.8. The quantitative estimate of drug-likeness (QED) is 0.712. The van der Waals surface area contributed by atoms with Crippen molar-refractivity contribution < 1.29 is 0 Å². The molecule has 0 saturated heterocycles. The molecule has 7 heteroatoms. The smallest absolute Gasteiger partial charge is 0.143 e. The molecule has 0 amide bonds. The van der Waals surface area contributed by atoms with E-state index in [0.717, 1.165) is 24.5 Å². The SMILES string of the molecule is CC(NCCc1ncc[nH]1)c1cccc(-n2cnnn2)c1. The van der Waals surface area contributed by atoms with E-state index in [-0.39, 0.29) is 6.04 Å². The molecule has 0 aliphatic rings. The lowest BCUT2D eigenvalue weighted by molar-refractivity contribution is 0.571. The average molecular weight is 283 g/mol. The third kappa shape index (κ3) is 3.32. The average Bonchev–Trinajstić information content (AvgIpc) is 3.21. The van der Waals surface area contributed by atoms with Gasteiger partial charge in [0.1, 0.15) is 12.2 Å². The van der Waals surface area contributed by atoms with Crippen LogP contribution in [0.5, 0.6) is 0 Å². The lowest BCUT2D eigenvalue weighted by atomic mass is 10.1. The minimum atomic E-state index is 0.247. The Morgan fingerprint density at radius 2 is 2.33 bits per heavy atom. The molecule has 0 aliphatic heterocycles. The highest BCUT2D eigenvalue weighted by atomic mass is 15.5. The van der Waals surface area contributed by atoms with Gasteiger partial charge < -0.3 is 10.3 Å². The number of hydrogen-bond acceptors (Lipinski definition) is 5. The predicted octanol–water partition coefficient (Wildman–Crippen LogP) is 1.28. The summed E-state index contributed by atoms with van der Waals surface area (Å²) in [6.45, 7) is 3.00. The van der Waals surface area contributed by atoms with Gasteiger partial charge in [-0.3, -0.25) is 0 Å². The standard InChI is InChI=1S/C14H17N7/c1-11(15-6-5-14-16-7-8-17-14)12-3-2-4-13(9-12)21-10-18-19-20-21/h2-4,7-11,15H,5-6H2,1H3,(H,16,17). The number of tetrazole rings is 1. The molecule has 1 atom stereocenters. The fraction of sp³-hybridized carbons (Fsp3) is 0.286. The first-order chi connectivity index (χ1) is 10.3. The topological polar surface area (TPSA) is 84.3 Å². The molecule has 0 saturated carbocycles. The summed E-state index contributed by atoms with van der Waals surface area (Å²) >= 11 is 0. The predicted molar refractivity (Wildman–Crippen MR) is 77.9 cm³/mol. The van der Waals surface area contributed by atoms with Gasteiger partial charge >= 0.3 is 0 Å². The maximum absolute atomic E-state index is 4.21. The van der Waals surface area contributed by atoms with E-state index < -0.39 is 0 Å². The van der Waals surface area contributed by atoms with Crippen LogP contribution in [0.15, 0.2) is 43.0 Å². The van der Waals surface area contributed by atoms with Crippen LogP contribution in [0.3, 0.4) is 0 Å². The molecule has 0 bridgehead atoms. The Hall–Kier alpha value is -2.54. The van der Waals surface area contributed by atoms with Gasteiger partial charge in [0.2, 0.25) is 0 Å². The number of aromatic amines is 1. The lowest BCUT2D eigenvalue weighted by Gasteiger charge is -2.14. The van der Waals surface area contributed by atoms with Crippen molar-refractivity contribution in [2.24, 2.45) is 0 Å². The molecule has 0 spiro atoms. The van der Waals surface area contributed by atoms with E-state index in [4.69, 9.17) is 0 Å². The van der Waals surface area contributed by atoms with Crippen molar-refractivity contribution in [1.82, 2.24) is 35.5 Å². The molecule has 0 fully saturated rings. The van der Waals surface area contributed by atoms with Gasteiger partial charge in [0.25, 0.3) is 0 Å². The summed E-state index contributed by atoms with van der Waals surface area (Å²) in [5.41, 5.74) is 2.15. The second-order valence-electron chi connectivity index (χ2n) is 4.81. The summed E-state index contributed by atoms with van der Waals surface area (Å²) in [4.78, 5) is 7.31. The van der Waals surface area contributed by atoms with Crippen LogP contribution in [0, 0.1) is 0 Å². The summed E-state index contributed by atoms with van der Waals surface area (Å²) in [5.74, 6) is 0.997. The highest BCUT2D eigenvalue weighted by molar-refractivity contribution is 5.35. The summed E-state index contributed by atoms with van der Waals surface area (Å²) < 4.78 is 1.65. The van der Waals surface area contributed by atoms with E-state index in [1.54, 1.807) is 17.2 Å². The molecule has 1 unspecified atom stereocenters. The van der Waals surface area contributed by atoms with Crippen molar-refractivity contribution in [2.45, 2.75) is 19.4 Å². The van der Waals surface area contributed by atoms with Crippen LogP contribution >= 0.6 is 0 Å². The van der Waals surface area contributed by atoms with Crippen LogP contribution in [-0.4, -0.2) is 36.7 Å². The monoisotopic (exact) mass is 283 g/mol. The molecule has 2 N–H and O–H groups in total. The van der Waals surface area contributed by atoms with Gasteiger partial charge in [-0.05, 0) is 35.0 Å². The first-order valence-electron chi connectivity index (χ1n) is 6.88. The van der Waals surface area contributed by atoms with Gasteiger partial charge in [0, 0.05) is 31.4 Å². The maximum Gasteiger partial charge on any atom is 0.143 e. The second-order valence-corrected chi connectivity index (χ2v) is 4.81.